The predicted octanol–water partition coefficient (Wildman–Crippen LogP) is 6.49. The topological polar surface area (TPSA) is 125 Å². The number of methoxy groups -OCH3 is 1. The van der Waals surface area contributed by atoms with Gasteiger partial charge in [-0.15, -0.1) is 0 Å². The summed E-state index contributed by atoms with van der Waals surface area (Å²) >= 11 is 0. The number of fused-ring (bicyclic) bond motifs is 3. The summed E-state index contributed by atoms with van der Waals surface area (Å²) in [7, 11) is 1.57. The molecule has 296 valence electrons. The Hall–Kier alpha value is -4.88. The third kappa shape index (κ3) is 6.72. The van der Waals surface area contributed by atoms with Crippen LogP contribution in [0, 0.1) is 12.7 Å². The summed E-state index contributed by atoms with van der Waals surface area (Å²) < 4.78 is 22.8. The summed E-state index contributed by atoms with van der Waals surface area (Å²) in [5, 5.41) is 6.07. The number of halogens is 1. The van der Waals surface area contributed by atoms with Crippen molar-refractivity contribution in [3.05, 3.63) is 65.2 Å². The van der Waals surface area contributed by atoms with Crippen LogP contribution in [0.3, 0.4) is 0 Å². The van der Waals surface area contributed by atoms with Crippen molar-refractivity contribution in [2.24, 2.45) is 0 Å². The van der Waals surface area contributed by atoms with Gasteiger partial charge in [0.05, 0.1) is 35.2 Å². The second kappa shape index (κ2) is 15.2. The van der Waals surface area contributed by atoms with Crippen molar-refractivity contribution in [3.8, 4) is 11.3 Å². The maximum absolute atomic E-state index is 15.7. The summed E-state index contributed by atoms with van der Waals surface area (Å²) in [5.41, 5.74) is 5.08. The number of nitrogens with one attached hydrogen (secondary N) is 2. The highest BCUT2D eigenvalue weighted by molar-refractivity contribution is 6.09. The number of nitrogens with zero attached hydrogens (tertiary/aromatic N) is 6. The van der Waals surface area contributed by atoms with E-state index in [1.807, 2.05) is 35.4 Å². The standard InChI is InChI=1S/C43H53FN8O4/c1-26(2)51-25-46-37-24-35(47-40(39(37)51)48-36-23-32(27(3)19-34(36)44)41(54)45-13-18-56-5)29-9-10-33-38(20-29)52(31-21-30(22-31)50-14-7-6-8-15-50)42(55)43(33)11-16-49(17-12-43)28(4)53/h9-10,19-20,23-26,30-31H,6-8,11-18,21-22H2,1-5H3,(H,45,54)(H,47,48). The number of pyridine rings is 1. The van der Waals surface area contributed by atoms with E-state index in [9.17, 15) is 14.4 Å². The average molecular weight is 765 g/mol. The molecule has 2 saturated heterocycles. The SMILES string of the molecule is COCCNC(=O)c1cc(Nc2nc(-c3ccc4c(c3)N(C3CC(N5CCCCC5)C3)C(=O)C43CCN(C(C)=O)CC3)cc3ncn(C(C)C)c23)c(F)cc1C. The molecule has 4 aromatic rings. The van der Waals surface area contributed by atoms with Gasteiger partial charge in [-0.2, -0.15) is 0 Å². The summed E-state index contributed by atoms with van der Waals surface area (Å²) in [6.45, 7) is 11.4. The summed E-state index contributed by atoms with van der Waals surface area (Å²) in [5.74, 6) is -0.241. The number of imidazole rings is 1. The van der Waals surface area contributed by atoms with Gasteiger partial charge in [0.2, 0.25) is 11.8 Å². The van der Waals surface area contributed by atoms with E-state index < -0.39 is 11.2 Å². The summed E-state index contributed by atoms with van der Waals surface area (Å²) in [6, 6.07) is 11.7. The molecule has 1 saturated carbocycles. The van der Waals surface area contributed by atoms with E-state index in [0.717, 1.165) is 42.7 Å². The van der Waals surface area contributed by atoms with Gasteiger partial charge in [-0.3, -0.25) is 14.4 Å². The number of aryl methyl sites for hydroxylation is 1. The van der Waals surface area contributed by atoms with Crippen LogP contribution >= 0.6 is 0 Å². The molecule has 3 fully saturated rings. The van der Waals surface area contributed by atoms with Gasteiger partial charge >= 0.3 is 0 Å². The van der Waals surface area contributed by atoms with Crippen molar-refractivity contribution in [2.45, 2.75) is 96.2 Å². The zero-order valence-corrected chi connectivity index (χ0v) is 33.2. The van der Waals surface area contributed by atoms with Crippen molar-refractivity contribution in [1.29, 1.82) is 0 Å². The molecule has 2 aromatic heterocycles. The number of likely N-dealkylation sites (tertiary alicyclic amines) is 2. The number of amides is 3. The third-order valence-corrected chi connectivity index (χ3v) is 12.6. The summed E-state index contributed by atoms with van der Waals surface area (Å²) in [4.78, 5) is 56.6. The number of benzene rings is 2. The second-order valence-corrected chi connectivity index (χ2v) is 16.4. The lowest BCUT2D eigenvalue weighted by atomic mass is 9.73. The van der Waals surface area contributed by atoms with E-state index in [-0.39, 0.29) is 35.5 Å². The number of hydrogen-bond donors (Lipinski definition) is 2. The van der Waals surface area contributed by atoms with Crippen molar-refractivity contribution < 1.29 is 23.5 Å². The lowest BCUT2D eigenvalue weighted by Crippen LogP contribution is -2.58. The van der Waals surface area contributed by atoms with Crippen LogP contribution in [0.25, 0.3) is 22.3 Å². The molecule has 12 nitrogen and oxygen atoms in total. The second-order valence-electron chi connectivity index (χ2n) is 16.4. The first-order valence-electron chi connectivity index (χ1n) is 20.2. The maximum atomic E-state index is 15.7. The minimum absolute atomic E-state index is 0.0407. The molecule has 1 aliphatic carbocycles. The van der Waals surface area contributed by atoms with E-state index in [1.54, 1.807) is 27.3 Å². The Kier molecular flexibility index (Phi) is 10.3. The van der Waals surface area contributed by atoms with Crippen LogP contribution in [-0.2, 0) is 19.7 Å². The maximum Gasteiger partial charge on any atom is 0.251 e. The molecule has 2 N–H and O–H groups in total. The van der Waals surface area contributed by atoms with Gasteiger partial charge in [-0.25, -0.2) is 14.4 Å². The molecular weight excluding hydrogens is 712 g/mol. The first-order valence-corrected chi connectivity index (χ1v) is 20.2. The van der Waals surface area contributed by atoms with Crippen LogP contribution in [0.2, 0.25) is 0 Å². The molecular formula is C43H53FN8O4. The lowest BCUT2D eigenvalue weighted by Gasteiger charge is -2.48. The Morgan fingerprint density at radius 3 is 2.46 bits per heavy atom. The van der Waals surface area contributed by atoms with Gasteiger partial charge < -0.3 is 34.6 Å². The zero-order chi connectivity index (χ0) is 39.3. The third-order valence-electron chi connectivity index (χ3n) is 12.6. The van der Waals surface area contributed by atoms with Gasteiger partial charge in [0, 0.05) is 68.6 Å². The van der Waals surface area contributed by atoms with Crippen LogP contribution in [-0.4, -0.2) is 101 Å². The van der Waals surface area contributed by atoms with Crippen LogP contribution in [0.5, 0.6) is 0 Å². The largest absolute Gasteiger partial charge is 0.383 e. The van der Waals surface area contributed by atoms with E-state index in [2.05, 4.69) is 32.6 Å². The van der Waals surface area contributed by atoms with E-state index in [0.29, 0.717) is 78.8 Å². The quantitative estimate of drug-likeness (QED) is 0.176. The van der Waals surface area contributed by atoms with Crippen LogP contribution in [0.4, 0.5) is 21.6 Å². The number of carbonyl (C=O) groups is 3. The molecule has 0 radical (unpaired) electrons. The number of ether oxygens (including phenoxy) is 1. The molecule has 56 heavy (non-hydrogen) atoms. The molecule has 8 rings (SSSR count). The molecule has 3 amide bonds. The number of carbonyl (C=O) groups excluding carboxylic acids is 3. The highest BCUT2D eigenvalue weighted by atomic mass is 19.1. The van der Waals surface area contributed by atoms with E-state index in [1.165, 1.54) is 31.4 Å². The minimum atomic E-state index is -0.674. The Morgan fingerprint density at radius 1 is 1.02 bits per heavy atom. The normalized spacial score (nSPS) is 20.8. The van der Waals surface area contributed by atoms with Crippen LogP contribution in [0.1, 0.15) is 93.2 Å². The van der Waals surface area contributed by atoms with Crippen LogP contribution in [0.15, 0.2) is 42.7 Å². The zero-order valence-electron chi connectivity index (χ0n) is 33.2. The highest BCUT2D eigenvalue weighted by Gasteiger charge is 2.55. The van der Waals surface area contributed by atoms with E-state index in [4.69, 9.17) is 14.7 Å². The monoisotopic (exact) mass is 764 g/mol. The predicted molar refractivity (Wildman–Crippen MR) is 215 cm³/mol. The van der Waals surface area contributed by atoms with Crippen molar-refractivity contribution >= 4 is 45.9 Å². The van der Waals surface area contributed by atoms with Crippen molar-refractivity contribution in [2.75, 3.05) is 56.7 Å². The number of hydrogen-bond acceptors (Lipinski definition) is 8. The Morgan fingerprint density at radius 2 is 1.77 bits per heavy atom. The molecule has 0 unspecified atom stereocenters. The van der Waals surface area contributed by atoms with Gasteiger partial charge in [-0.1, -0.05) is 18.6 Å². The van der Waals surface area contributed by atoms with Gasteiger partial charge in [0.1, 0.15) is 11.3 Å². The number of rotatable bonds is 10. The van der Waals surface area contributed by atoms with Crippen LogP contribution < -0.4 is 15.5 Å². The Labute approximate surface area is 327 Å². The number of aromatic nitrogens is 3. The average Bonchev–Trinajstić information content (AvgIpc) is 3.70. The molecule has 2 aromatic carbocycles. The highest BCUT2D eigenvalue weighted by Crippen LogP contribution is 2.52. The fourth-order valence-corrected chi connectivity index (χ4v) is 9.34. The summed E-state index contributed by atoms with van der Waals surface area (Å²) in [6.07, 6.45) is 8.60. The molecule has 5 heterocycles. The van der Waals surface area contributed by atoms with Gasteiger partial charge in [0.15, 0.2) is 5.82 Å². The molecule has 0 bridgehead atoms. The molecule has 0 atom stereocenters. The first-order chi connectivity index (χ1) is 27.0. The Balaban J connectivity index is 1.18. The molecule has 4 aliphatic rings. The molecule has 13 heteroatoms. The molecule has 3 aliphatic heterocycles. The van der Waals surface area contributed by atoms with E-state index >= 15 is 4.39 Å². The fourth-order valence-electron chi connectivity index (χ4n) is 9.34. The molecule has 1 spiro atoms. The van der Waals surface area contributed by atoms with Gasteiger partial charge in [-0.05, 0) is 108 Å². The lowest BCUT2D eigenvalue weighted by molar-refractivity contribution is -0.134. The van der Waals surface area contributed by atoms with Gasteiger partial charge in [0.25, 0.3) is 5.91 Å². The Bertz CT molecular complexity index is 2160. The minimum Gasteiger partial charge on any atom is -0.383 e. The van der Waals surface area contributed by atoms with Crippen molar-refractivity contribution in [1.82, 2.24) is 29.7 Å². The fraction of sp³-hybridized carbons (Fsp3) is 0.512. The first kappa shape index (κ1) is 38.0. The number of anilines is 3. The smallest absolute Gasteiger partial charge is 0.251 e. The van der Waals surface area contributed by atoms with Crippen molar-refractivity contribution in [3.63, 3.8) is 0 Å². The number of piperidine rings is 2.